The van der Waals surface area contributed by atoms with Gasteiger partial charge in [-0.25, -0.2) is 4.98 Å². The molecule has 0 spiro atoms. The highest BCUT2D eigenvalue weighted by molar-refractivity contribution is 7.99. The molecular formula is C23H20N6OS. The van der Waals surface area contributed by atoms with Crippen LogP contribution >= 0.6 is 11.8 Å². The quantitative estimate of drug-likeness (QED) is 0.412. The number of hydrogen-bond donors (Lipinski definition) is 1. The molecule has 0 atom stereocenters. The van der Waals surface area contributed by atoms with Crippen molar-refractivity contribution in [2.75, 3.05) is 11.1 Å². The summed E-state index contributed by atoms with van der Waals surface area (Å²) >= 11 is 1.37. The van der Waals surface area contributed by atoms with E-state index in [1.165, 1.54) is 11.8 Å². The second kappa shape index (κ2) is 8.23. The van der Waals surface area contributed by atoms with Crippen LogP contribution in [-0.4, -0.2) is 36.0 Å². The van der Waals surface area contributed by atoms with Gasteiger partial charge in [0, 0.05) is 18.1 Å². The van der Waals surface area contributed by atoms with Crippen molar-refractivity contribution in [2.24, 2.45) is 7.05 Å². The normalized spacial score (nSPS) is 11.3. The zero-order valence-corrected chi connectivity index (χ0v) is 17.7. The van der Waals surface area contributed by atoms with Crippen molar-refractivity contribution in [3.63, 3.8) is 0 Å². The minimum Gasteiger partial charge on any atom is -0.325 e. The molecule has 2 aromatic heterocycles. The van der Waals surface area contributed by atoms with Crippen LogP contribution in [0.2, 0.25) is 0 Å². The van der Waals surface area contributed by atoms with E-state index in [1.54, 1.807) is 0 Å². The Morgan fingerprint density at radius 3 is 2.74 bits per heavy atom. The van der Waals surface area contributed by atoms with Crippen molar-refractivity contribution in [1.82, 2.24) is 24.3 Å². The van der Waals surface area contributed by atoms with Gasteiger partial charge in [-0.3, -0.25) is 4.79 Å². The first-order valence-electron chi connectivity index (χ1n) is 9.87. The average molecular weight is 429 g/mol. The Hall–Kier alpha value is -3.65. The lowest BCUT2D eigenvalue weighted by atomic mass is 10.1. The second-order valence-electron chi connectivity index (χ2n) is 7.18. The van der Waals surface area contributed by atoms with Crippen molar-refractivity contribution in [2.45, 2.75) is 11.7 Å². The number of fused-ring (bicyclic) bond motifs is 2. The molecule has 7 nitrogen and oxygen atoms in total. The Kier molecular flexibility index (Phi) is 5.13. The largest absolute Gasteiger partial charge is 0.325 e. The Morgan fingerprint density at radius 2 is 1.81 bits per heavy atom. The van der Waals surface area contributed by atoms with E-state index in [0.29, 0.717) is 11.7 Å². The number of anilines is 1. The molecule has 5 rings (SSSR count). The van der Waals surface area contributed by atoms with Crippen LogP contribution in [0.25, 0.3) is 21.8 Å². The van der Waals surface area contributed by atoms with Crippen LogP contribution in [0, 0.1) is 0 Å². The van der Waals surface area contributed by atoms with Crippen LogP contribution in [0.3, 0.4) is 0 Å². The molecule has 154 valence electrons. The minimum absolute atomic E-state index is 0.0773. The van der Waals surface area contributed by atoms with Crippen LogP contribution in [0.4, 0.5) is 5.69 Å². The fourth-order valence-electron chi connectivity index (χ4n) is 3.55. The van der Waals surface area contributed by atoms with E-state index in [1.807, 2.05) is 89.2 Å². The third-order valence-corrected chi connectivity index (χ3v) is 6.18. The first-order chi connectivity index (χ1) is 15.2. The number of imidazole rings is 1. The predicted octanol–water partition coefficient (Wildman–Crippen LogP) is 4.10. The summed E-state index contributed by atoms with van der Waals surface area (Å²) < 4.78 is 3.96. The zero-order chi connectivity index (χ0) is 21.2. The summed E-state index contributed by atoms with van der Waals surface area (Å²) in [6.45, 7) is 0.562. The molecule has 0 radical (unpaired) electrons. The van der Waals surface area contributed by atoms with Crippen molar-refractivity contribution in [3.05, 3.63) is 78.9 Å². The molecular weight excluding hydrogens is 408 g/mol. The molecule has 0 unspecified atom stereocenters. The maximum atomic E-state index is 12.5. The second-order valence-corrected chi connectivity index (χ2v) is 8.13. The number of nitrogens with one attached hydrogen (secondary N) is 1. The molecule has 31 heavy (non-hydrogen) atoms. The molecule has 1 amide bonds. The topological polar surface area (TPSA) is 77.6 Å². The molecule has 0 aliphatic heterocycles. The summed E-state index contributed by atoms with van der Waals surface area (Å²) in [5.41, 5.74) is 2.81. The Bertz CT molecular complexity index is 1380. The molecule has 0 saturated heterocycles. The molecule has 8 heteroatoms. The fourth-order valence-corrected chi connectivity index (χ4v) is 4.28. The summed E-state index contributed by atoms with van der Waals surface area (Å²) in [6, 6.07) is 21.9. The van der Waals surface area contributed by atoms with Gasteiger partial charge in [0.1, 0.15) is 0 Å². The van der Waals surface area contributed by atoms with Crippen molar-refractivity contribution < 1.29 is 4.79 Å². The fraction of sp³-hybridized carbons (Fsp3) is 0.130. The van der Waals surface area contributed by atoms with E-state index >= 15 is 0 Å². The molecule has 5 aromatic rings. The van der Waals surface area contributed by atoms with Gasteiger partial charge in [-0.05, 0) is 23.6 Å². The van der Waals surface area contributed by atoms with Crippen LogP contribution in [0.1, 0.15) is 5.82 Å². The van der Waals surface area contributed by atoms with E-state index in [9.17, 15) is 4.79 Å². The van der Waals surface area contributed by atoms with Gasteiger partial charge in [-0.15, -0.1) is 10.2 Å². The molecule has 0 bridgehead atoms. The number of carbonyl (C=O) groups excluding carboxylic acids is 1. The minimum atomic E-state index is -0.0773. The predicted molar refractivity (Wildman–Crippen MR) is 123 cm³/mol. The summed E-state index contributed by atoms with van der Waals surface area (Å²) in [7, 11) is 1.92. The van der Waals surface area contributed by atoms with E-state index in [0.717, 1.165) is 33.3 Å². The van der Waals surface area contributed by atoms with Gasteiger partial charge in [0.2, 0.25) is 5.91 Å². The van der Waals surface area contributed by atoms with Crippen LogP contribution in [0.15, 0.2) is 78.2 Å². The molecule has 0 aliphatic carbocycles. The number of aromatic nitrogens is 5. The number of nitrogens with zero attached hydrogens (tertiary/aromatic N) is 5. The molecule has 0 saturated carbocycles. The number of hydrogen-bond acceptors (Lipinski definition) is 5. The summed E-state index contributed by atoms with van der Waals surface area (Å²) in [5.74, 6) is 0.982. The highest BCUT2D eigenvalue weighted by Gasteiger charge is 2.13. The highest BCUT2D eigenvalue weighted by Crippen LogP contribution is 2.24. The van der Waals surface area contributed by atoms with E-state index < -0.39 is 0 Å². The third kappa shape index (κ3) is 3.89. The number of thioether (sulfide) groups is 1. The summed E-state index contributed by atoms with van der Waals surface area (Å²) in [5, 5.41) is 14.4. The van der Waals surface area contributed by atoms with Gasteiger partial charge in [0.15, 0.2) is 11.0 Å². The van der Waals surface area contributed by atoms with Gasteiger partial charge in [-0.1, -0.05) is 60.3 Å². The number of benzene rings is 3. The maximum absolute atomic E-state index is 12.5. The van der Waals surface area contributed by atoms with E-state index in [-0.39, 0.29) is 11.7 Å². The summed E-state index contributed by atoms with van der Waals surface area (Å²) in [4.78, 5) is 17.0. The van der Waals surface area contributed by atoms with Crippen molar-refractivity contribution in [1.29, 1.82) is 0 Å². The third-order valence-electron chi connectivity index (χ3n) is 5.16. The monoisotopic (exact) mass is 428 g/mol. The average Bonchev–Trinajstić information content (AvgIpc) is 3.36. The number of para-hydroxylation sites is 2. The van der Waals surface area contributed by atoms with Gasteiger partial charge in [0.05, 0.1) is 29.7 Å². The van der Waals surface area contributed by atoms with Gasteiger partial charge >= 0.3 is 0 Å². The van der Waals surface area contributed by atoms with Gasteiger partial charge in [0.25, 0.3) is 0 Å². The molecule has 2 heterocycles. The maximum Gasteiger partial charge on any atom is 0.234 e. The van der Waals surface area contributed by atoms with Crippen LogP contribution in [0.5, 0.6) is 0 Å². The first kappa shape index (κ1) is 19.3. The Labute approximate surface area is 183 Å². The SMILES string of the molecule is Cn1c(Cn2cnc3ccccc32)nnc1SCC(=O)Nc1cccc2ccccc12. The molecule has 0 aliphatic rings. The number of carbonyl (C=O) groups is 1. The van der Waals surface area contributed by atoms with Gasteiger partial charge in [-0.2, -0.15) is 0 Å². The zero-order valence-electron chi connectivity index (χ0n) is 16.9. The van der Waals surface area contributed by atoms with Crippen LogP contribution < -0.4 is 5.32 Å². The highest BCUT2D eigenvalue weighted by atomic mass is 32.2. The molecule has 3 aromatic carbocycles. The smallest absolute Gasteiger partial charge is 0.234 e. The number of rotatable bonds is 6. The lowest BCUT2D eigenvalue weighted by Gasteiger charge is -2.09. The van der Waals surface area contributed by atoms with E-state index in [2.05, 4.69) is 20.5 Å². The number of amides is 1. The van der Waals surface area contributed by atoms with Crippen LogP contribution in [-0.2, 0) is 18.4 Å². The van der Waals surface area contributed by atoms with Crippen molar-refractivity contribution >= 4 is 45.2 Å². The van der Waals surface area contributed by atoms with E-state index in [4.69, 9.17) is 0 Å². The molecule has 0 fully saturated rings. The summed E-state index contributed by atoms with van der Waals surface area (Å²) in [6.07, 6.45) is 1.81. The lowest BCUT2D eigenvalue weighted by molar-refractivity contribution is -0.113. The lowest BCUT2D eigenvalue weighted by Crippen LogP contribution is -2.15. The Morgan fingerprint density at radius 1 is 1.00 bits per heavy atom. The van der Waals surface area contributed by atoms with Crippen molar-refractivity contribution in [3.8, 4) is 0 Å². The Balaban J connectivity index is 1.26. The standard InChI is InChI=1S/C23H20N6OS/c1-28-21(13-29-15-24-19-10-4-5-12-20(19)29)26-27-23(28)31-14-22(30)25-18-11-6-8-16-7-2-3-9-17(16)18/h2-12,15H,13-14H2,1H3,(H,25,30). The molecule has 1 N–H and O–H groups in total. The first-order valence-corrected chi connectivity index (χ1v) is 10.9. The van der Waals surface area contributed by atoms with Gasteiger partial charge < -0.3 is 14.5 Å².